The highest BCUT2D eigenvalue weighted by molar-refractivity contribution is 5.85. The number of fused-ring (bicyclic) bond motifs is 8. The number of nitrogens with zero attached hydrogens (tertiary/aromatic N) is 6. The van der Waals surface area contributed by atoms with Crippen LogP contribution < -0.4 is 18.9 Å². The van der Waals surface area contributed by atoms with Crippen LogP contribution in [0, 0.1) is 23.7 Å². The Morgan fingerprint density at radius 1 is 0.576 bits per heavy atom. The van der Waals surface area contributed by atoms with Crippen LogP contribution in [0.25, 0.3) is 44.3 Å². The average Bonchev–Trinajstić information content (AvgIpc) is 3.39. The SMILES string of the molecule is CC[C@@H]1CN2CC[C@H]1C[C@H]2[C@H](Oc1nc(-c2ccccc2)nc(O[C@H](c2ccnc3ccc(OC)cc23)[C@@H]2C[C@@H]3CCN2C[C@H]3CC)c1-c1ccccc1)c1ccnc2ccc(OC)cc12. The van der Waals surface area contributed by atoms with Crippen LogP contribution in [0.2, 0.25) is 0 Å². The molecule has 0 spiro atoms. The topological polar surface area (TPSA) is 95.0 Å². The molecule has 10 heteroatoms. The molecule has 13 rings (SSSR count). The van der Waals surface area contributed by atoms with E-state index in [1.165, 1.54) is 25.7 Å². The van der Waals surface area contributed by atoms with Gasteiger partial charge in [-0.2, -0.15) is 9.97 Å². The van der Waals surface area contributed by atoms with Gasteiger partial charge in [0.05, 0.1) is 37.3 Å². The molecule has 66 heavy (non-hydrogen) atoms. The molecule has 0 N–H and O–H groups in total. The molecule has 10 atom stereocenters. The van der Waals surface area contributed by atoms with E-state index >= 15 is 0 Å². The van der Waals surface area contributed by atoms with Crippen molar-refractivity contribution in [2.75, 3.05) is 40.4 Å². The quantitative estimate of drug-likeness (QED) is 0.105. The van der Waals surface area contributed by atoms with Crippen molar-refractivity contribution in [2.24, 2.45) is 23.7 Å². The Kier molecular flexibility index (Phi) is 11.8. The number of rotatable bonds is 14. The van der Waals surface area contributed by atoms with E-state index in [1.54, 1.807) is 14.2 Å². The number of piperidine rings is 6. The second kappa shape index (κ2) is 18.3. The van der Waals surface area contributed by atoms with E-state index in [2.05, 4.69) is 90.4 Å². The van der Waals surface area contributed by atoms with Crippen molar-refractivity contribution in [2.45, 2.75) is 76.7 Å². The van der Waals surface area contributed by atoms with E-state index in [-0.39, 0.29) is 12.1 Å². The summed E-state index contributed by atoms with van der Waals surface area (Å²) < 4.78 is 27.2. The van der Waals surface area contributed by atoms with Gasteiger partial charge in [0.25, 0.3) is 0 Å². The zero-order chi connectivity index (χ0) is 44.7. The smallest absolute Gasteiger partial charge is 0.229 e. The Hall–Kier alpha value is -6.10. The van der Waals surface area contributed by atoms with Gasteiger partial charge >= 0.3 is 0 Å². The van der Waals surface area contributed by atoms with Gasteiger partial charge in [0.15, 0.2) is 5.82 Å². The molecule has 0 amide bonds. The molecule has 6 fully saturated rings. The summed E-state index contributed by atoms with van der Waals surface area (Å²) in [6, 6.07) is 37.4. The fraction of sp³-hybridized carbons (Fsp3) is 0.393. The molecule has 6 aliphatic rings. The van der Waals surface area contributed by atoms with Gasteiger partial charge in [0, 0.05) is 52.9 Å². The first-order valence-corrected chi connectivity index (χ1v) is 24.2. The molecule has 0 aliphatic carbocycles. The minimum Gasteiger partial charge on any atom is -0.497 e. The normalized spacial score (nSPS) is 25.4. The van der Waals surface area contributed by atoms with E-state index in [4.69, 9.17) is 38.9 Å². The lowest BCUT2D eigenvalue weighted by molar-refractivity contribution is -0.0510. The highest BCUT2D eigenvalue weighted by Gasteiger charge is 2.47. The van der Waals surface area contributed by atoms with Crippen molar-refractivity contribution in [3.05, 3.63) is 133 Å². The maximum absolute atomic E-state index is 7.76. The maximum Gasteiger partial charge on any atom is 0.229 e. The number of aromatic nitrogens is 4. The summed E-state index contributed by atoms with van der Waals surface area (Å²) in [6.45, 7) is 8.88. The first-order chi connectivity index (χ1) is 32.5. The predicted molar refractivity (Wildman–Crippen MR) is 260 cm³/mol. The van der Waals surface area contributed by atoms with Crippen molar-refractivity contribution in [3.8, 4) is 45.8 Å². The molecule has 7 aromatic rings. The number of ether oxygens (including phenoxy) is 4. The fourth-order valence-corrected chi connectivity index (χ4v) is 12.1. The lowest BCUT2D eigenvalue weighted by Crippen LogP contribution is -2.56. The monoisotopic (exact) mass is 880 g/mol. The zero-order valence-electron chi connectivity index (χ0n) is 38.6. The molecule has 4 bridgehead atoms. The molecular weight excluding hydrogens is 821 g/mol. The third-order valence-electron chi connectivity index (χ3n) is 15.6. The summed E-state index contributed by atoms with van der Waals surface area (Å²) >= 11 is 0. The lowest BCUT2D eigenvalue weighted by atomic mass is 9.72. The van der Waals surface area contributed by atoms with Crippen LogP contribution in [0.15, 0.2) is 122 Å². The fourth-order valence-electron chi connectivity index (χ4n) is 12.1. The highest BCUT2D eigenvalue weighted by Crippen LogP contribution is 2.50. The average molecular weight is 881 g/mol. The highest BCUT2D eigenvalue weighted by atomic mass is 16.5. The number of benzene rings is 4. The van der Waals surface area contributed by atoms with Gasteiger partial charge in [-0.1, -0.05) is 87.4 Å². The molecule has 6 aliphatic heterocycles. The first kappa shape index (κ1) is 42.5. The van der Waals surface area contributed by atoms with Gasteiger partial charge < -0.3 is 18.9 Å². The van der Waals surface area contributed by atoms with Gasteiger partial charge in [0.2, 0.25) is 11.8 Å². The molecule has 6 saturated heterocycles. The van der Waals surface area contributed by atoms with Crippen LogP contribution in [0.1, 0.15) is 75.7 Å². The van der Waals surface area contributed by atoms with Crippen molar-refractivity contribution in [1.82, 2.24) is 29.7 Å². The van der Waals surface area contributed by atoms with E-state index in [0.717, 1.165) is 100 Å². The van der Waals surface area contributed by atoms with Crippen LogP contribution >= 0.6 is 0 Å². The van der Waals surface area contributed by atoms with Gasteiger partial charge in [-0.3, -0.25) is 19.8 Å². The Bertz CT molecular complexity index is 2680. The van der Waals surface area contributed by atoms with Crippen LogP contribution in [-0.2, 0) is 0 Å². The van der Waals surface area contributed by atoms with Crippen molar-refractivity contribution in [1.29, 1.82) is 0 Å². The standard InChI is InChI=1S/C56H60N6O4/c1-5-35-33-61-27-23-39(35)29-49(61)52(43-21-25-57-47-19-17-41(63-3)31-45(43)47)65-55-51(37-13-9-7-10-14-37)56(60-54(59-55)38-15-11-8-12-16-38)66-53(50-30-40-24-28-62(50)34-36(40)6-2)44-22-26-58-48-20-18-42(64-4)32-46(44)48/h7-22,25-26,31-32,35-36,39-40,49-50,52-53H,5-6,23-24,27-30,33-34H2,1-4H3/t35-,36-,39+,40+,49+,50+,52-,53-/m1/s1. The van der Waals surface area contributed by atoms with Gasteiger partial charge in [0.1, 0.15) is 29.3 Å². The van der Waals surface area contributed by atoms with Crippen LogP contribution in [0.4, 0.5) is 0 Å². The molecule has 3 aromatic heterocycles. The largest absolute Gasteiger partial charge is 0.497 e. The predicted octanol–water partition coefficient (Wildman–Crippen LogP) is 11.4. The second-order valence-electron chi connectivity index (χ2n) is 18.9. The molecule has 9 heterocycles. The van der Waals surface area contributed by atoms with Gasteiger partial charge in [-0.15, -0.1) is 0 Å². The molecular formula is C56H60N6O4. The maximum atomic E-state index is 7.76. The molecule has 2 unspecified atom stereocenters. The number of hydrogen-bond donors (Lipinski definition) is 0. The summed E-state index contributed by atoms with van der Waals surface area (Å²) in [6.07, 6.45) is 9.90. The van der Waals surface area contributed by atoms with Crippen LogP contribution in [-0.4, -0.2) is 82.2 Å². The summed E-state index contributed by atoms with van der Waals surface area (Å²) in [4.78, 5) is 26.0. The summed E-state index contributed by atoms with van der Waals surface area (Å²) in [5, 5.41) is 2.02. The van der Waals surface area contributed by atoms with Gasteiger partial charge in [-0.05, 0) is 117 Å². The van der Waals surface area contributed by atoms with Crippen molar-refractivity contribution >= 4 is 21.8 Å². The summed E-state index contributed by atoms with van der Waals surface area (Å²) in [5.74, 6) is 5.70. The molecule has 338 valence electrons. The zero-order valence-corrected chi connectivity index (χ0v) is 38.6. The molecule has 0 saturated carbocycles. The first-order valence-electron chi connectivity index (χ1n) is 24.2. The number of pyridine rings is 2. The Morgan fingerprint density at radius 3 is 1.47 bits per heavy atom. The van der Waals surface area contributed by atoms with E-state index in [9.17, 15) is 0 Å². The minimum absolute atomic E-state index is 0.106. The molecule has 4 aromatic carbocycles. The summed E-state index contributed by atoms with van der Waals surface area (Å²) in [5.41, 5.74) is 6.48. The minimum atomic E-state index is -0.393. The number of hydrogen-bond acceptors (Lipinski definition) is 10. The second-order valence-corrected chi connectivity index (χ2v) is 18.9. The molecule has 0 radical (unpaired) electrons. The molecule has 10 nitrogen and oxygen atoms in total. The third-order valence-corrected chi connectivity index (χ3v) is 15.6. The van der Waals surface area contributed by atoms with E-state index < -0.39 is 12.2 Å². The van der Waals surface area contributed by atoms with Crippen LogP contribution in [0.5, 0.6) is 23.3 Å². The van der Waals surface area contributed by atoms with Gasteiger partial charge in [-0.25, -0.2) is 0 Å². The third kappa shape index (κ3) is 7.91. The summed E-state index contributed by atoms with van der Waals surface area (Å²) in [7, 11) is 3.44. The number of methoxy groups -OCH3 is 2. The van der Waals surface area contributed by atoms with E-state index in [1.807, 2.05) is 54.9 Å². The van der Waals surface area contributed by atoms with E-state index in [0.29, 0.717) is 41.3 Å². The Labute approximate surface area is 388 Å². The van der Waals surface area contributed by atoms with Crippen LogP contribution in [0.3, 0.4) is 0 Å². The lowest BCUT2D eigenvalue weighted by Gasteiger charge is -2.52. The van der Waals surface area contributed by atoms with Crippen molar-refractivity contribution in [3.63, 3.8) is 0 Å². The Morgan fingerprint density at radius 2 is 1.05 bits per heavy atom. The van der Waals surface area contributed by atoms with Crippen molar-refractivity contribution < 1.29 is 18.9 Å². The Balaban J connectivity index is 1.13.